The summed E-state index contributed by atoms with van der Waals surface area (Å²) in [6.45, 7) is 3.92. The van der Waals surface area contributed by atoms with Crippen LogP contribution in [-0.2, 0) is 15.1 Å². The van der Waals surface area contributed by atoms with Crippen molar-refractivity contribution >= 4 is 17.6 Å². The van der Waals surface area contributed by atoms with Crippen LogP contribution in [0.15, 0.2) is 24.3 Å². The van der Waals surface area contributed by atoms with Crippen molar-refractivity contribution in [2.24, 2.45) is 5.92 Å². The van der Waals surface area contributed by atoms with Crippen LogP contribution in [0.2, 0.25) is 5.02 Å². The molecule has 3 nitrogen and oxygen atoms in total. The number of halogens is 1. The van der Waals surface area contributed by atoms with Crippen molar-refractivity contribution in [1.29, 1.82) is 0 Å². The number of aliphatic hydroxyl groups is 1. The van der Waals surface area contributed by atoms with Gasteiger partial charge >= 0.3 is 5.97 Å². The van der Waals surface area contributed by atoms with Crippen molar-refractivity contribution in [3.63, 3.8) is 0 Å². The third kappa shape index (κ3) is 3.74. The fourth-order valence-electron chi connectivity index (χ4n) is 2.51. The van der Waals surface area contributed by atoms with Gasteiger partial charge in [0.05, 0.1) is 13.0 Å². The molecule has 0 amide bonds. The van der Waals surface area contributed by atoms with Gasteiger partial charge < -0.3 is 9.84 Å². The fourth-order valence-corrected chi connectivity index (χ4v) is 2.70. The third-order valence-electron chi connectivity index (χ3n) is 3.77. The van der Waals surface area contributed by atoms with Crippen LogP contribution in [0.4, 0.5) is 0 Å². The van der Waals surface area contributed by atoms with Gasteiger partial charge in [0, 0.05) is 5.02 Å². The molecule has 0 bridgehead atoms. The number of benzene rings is 1. The molecule has 1 aromatic carbocycles. The van der Waals surface area contributed by atoms with Crippen molar-refractivity contribution in [2.45, 2.75) is 45.1 Å². The first-order valence-corrected chi connectivity index (χ1v) is 7.43. The van der Waals surface area contributed by atoms with E-state index in [4.69, 9.17) is 16.3 Å². The number of rotatable bonds is 7. The maximum absolute atomic E-state index is 12.1. The Bertz CT molecular complexity index is 447. The van der Waals surface area contributed by atoms with Gasteiger partial charge in [-0.05, 0) is 30.5 Å². The van der Waals surface area contributed by atoms with Crippen molar-refractivity contribution in [3.8, 4) is 0 Å². The Morgan fingerprint density at radius 1 is 1.45 bits per heavy atom. The predicted octanol–water partition coefficient (Wildman–Crippen LogP) is 3.92. The van der Waals surface area contributed by atoms with Crippen LogP contribution in [0.3, 0.4) is 0 Å². The van der Waals surface area contributed by atoms with E-state index in [2.05, 4.69) is 6.92 Å². The van der Waals surface area contributed by atoms with E-state index in [0.717, 1.165) is 12.8 Å². The number of ether oxygens (including phenoxy) is 1. The second kappa shape index (κ2) is 7.65. The zero-order valence-electron chi connectivity index (χ0n) is 12.4. The minimum absolute atomic E-state index is 0.372. The Hall–Kier alpha value is -1.06. The molecule has 0 radical (unpaired) electrons. The molecule has 2 unspecified atom stereocenters. The standard InChI is InChI=1S/C16H23ClO3/c1-4-6-10-14(15(18)20-3)16(19,5-2)12-8-7-9-13(17)11-12/h7-9,11,14,19H,4-6,10H2,1-3H3. The fraction of sp³-hybridized carbons (Fsp3) is 0.562. The summed E-state index contributed by atoms with van der Waals surface area (Å²) in [5.41, 5.74) is -0.577. The van der Waals surface area contributed by atoms with Gasteiger partial charge in [0.15, 0.2) is 0 Å². The second-order valence-electron chi connectivity index (χ2n) is 5.01. The number of hydrogen-bond donors (Lipinski definition) is 1. The summed E-state index contributed by atoms with van der Waals surface area (Å²) in [4.78, 5) is 12.1. The molecule has 1 aromatic rings. The zero-order valence-corrected chi connectivity index (χ0v) is 13.1. The first kappa shape index (κ1) is 17.0. The monoisotopic (exact) mass is 298 g/mol. The van der Waals surface area contributed by atoms with Crippen LogP contribution in [0, 0.1) is 5.92 Å². The lowest BCUT2D eigenvalue weighted by Crippen LogP contribution is -2.40. The molecule has 0 aliphatic rings. The van der Waals surface area contributed by atoms with Crippen molar-refractivity contribution in [2.75, 3.05) is 7.11 Å². The molecule has 0 aliphatic carbocycles. The summed E-state index contributed by atoms with van der Waals surface area (Å²) in [5, 5.41) is 11.6. The summed E-state index contributed by atoms with van der Waals surface area (Å²) in [6, 6.07) is 7.05. The number of carbonyl (C=O) groups is 1. The zero-order chi connectivity index (χ0) is 15.2. The summed E-state index contributed by atoms with van der Waals surface area (Å²) >= 11 is 6.00. The van der Waals surface area contributed by atoms with Gasteiger partial charge in [-0.3, -0.25) is 4.79 Å². The molecule has 0 fully saturated rings. The number of carbonyl (C=O) groups excluding carboxylic acids is 1. The van der Waals surface area contributed by atoms with E-state index in [1.165, 1.54) is 7.11 Å². The number of unbranched alkanes of at least 4 members (excludes halogenated alkanes) is 1. The molecule has 20 heavy (non-hydrogen) atoms. The van der Waals surface area contributed by atoms with Crippen molar-refractivity contribution in [3.05, 3.63) is 34.9 Å². The lowest BCUT2D eigenvalue weighted by atomic mass is 9.76. The summed E-state index contributed by atoms with van der Waals surface area (Å²) in [7, 11) is 1.36. The molecule has 0 heterocycles. The summed E-state index contributed by atoms with van der Waals surface area (Å²) in [6.07, 6.45) is 2.85. The first-order valence-electron chi connectivity index (χ1n) is 7.05. The lowest BCUT2D eigenvalue weighted by molar-refractivity contribution is -0.158. The molecule has 0 saturated carbocycles. The smallest absolute Gasteiger partial charge is 0.311 e. The van der Waals surface area contributed by atoms with E-state index in [9.17, 15) is 9.90 Å². The molecule has 0 saturated heterocycles. The largest absolute Gasteiger partial charge is 0.469 e. The van der Waals surface area contributed by atoms with Crippen LogP contribution < -0.4 is 0 Å². The predicted molar refractivity (Wildman–Crippen MR) is 80.7 cm³/mol. The Kier molecular flexibility index (Phi) is 6.50. The number of esters is 1. The molecule has 0 aliphatic heterocycles. The van der Waals surface area contributed by atoms with Crippen LogP contribution in [0.25, 0.3) is 0 Å². The highest BCUT2D eigenvalue weighted by Gasteiger charge is 2.41. The molecule has 2 atom stereocenters. The van der Waals surface area contributed by atoms with Gasteiger partial charge in [0.25, 0.3) is 0 Å². The quantitative estimate of drug-likeness (QED) is 0.776. The minimum Gasteiger partial charge on any atom is -0.469 e. The Labute approximate surface area is 125 Å². The number of hydrogen-bond acceptors (Lipinski definition) is 3. The molecule has 0 spiro atoms. The Balaban J connectivity index is 3.18. The van der Waals surface area contributed by atoms with Crippen LogP contribution in [-0.4, -0.2) is 18.2 Å². The third-order valence-corrected chi connectivity index (χ3v) is 4.01. The lowest BCUT2D eigenvalue weighted by Gasteiger charge is -2.34. The van der Waals surface area contributed by atoms with E-state index < -0.39 is 11.5 Å². The van der Waals surface area contributed by atoms with Crippen molar-refractivity contribution in [1.82, 2.24) is 0 Å². The van der Waals surface area contributed by atoms with Gasteiger partial charge in [-0.2, -0.15) is 0 Å². The first-order chi connectivity index (χ1) is 9.49. The molecule has 0 aromatic heterocycles. The van der Waals surface area contributed by atoms with Gasteiger partial charge in [0.2, 0.25) is 0 Å². The molecular weight excluding hydrogens is 276 g/mol. The van der Waals surface area contributed by atoms with Gasteiger partial charge in [-0.1, -0.05) is 50.4 Å². The second-order valence-corrected chi connectivity index (χ2v) is 5.44. The van der Waals surface area contributed by atoms with E-state index in [1.54, 1.807) is 24.3 Å². The Morgan fingerprint density at radius 3 is 2.65 bits per heavy atom. The topological polar surface area (TPSA) is 46.5 Å². The van der Waals surface area contributed by atoms with Gasteiger partial charge in [-0.25, -0.2) is 0 Å². The normalized spacial score (nSPS) is 15.4. The summed E-state index contributed by atoms with van der Waals surface area (Å²) < 4.78 is 4.88. The van der Waals surface area contributed by atoms with E-state index in [0.29, 0.717) is 23.4 Å². The average molecular weight is 299 g/mol. The van der Waals surface area contributed by atoms with E-state index in [1.807, 2.05) is 6.92 Å². The highest BCUT2D eigenvalue weighted by molar-refractivity contribution is 6.30. The van der Waals surface area contributed by atoms with E-state index >= 15 is 0 Å². The maximum atomic E-state index is 12.1. The average Bonchev–Trinajstić information content (AvgIpc) is 2.46. The Morgan fingerprint density at radius 2 is 2.15 bits per heavy atom. The summed E-state index contributed by atoms with van der Waals surface area (Å²) in [5.74, 6) is -0.946. The molecular formula is C16H23ClO3. The highest BCUT2D eigenvalue weighted by Crippen LogP contribution is 2.37. The molecule has 112 valence electrons. The van der Waals surface area contributed by atoms with E-state index in [-0.39, 0.29) is 5.97 Å². The highest BCUT2D eigenvalue weighted by atomic mass is 35.5. The molecule has 1 rings (SSSR count). The molecule has 1 N–H and O–H groups in total. The maximum Gasteiger partial charge on any atom is 0.311 e. The minimum atomic E-state index is -1.24. The van der Waals surface area contributed by atoms with Crippen LogP contribution >= 0.6 is 11.6 Å². The van der Waals surface area contributed by atoms with Crippen molar-refractivity contribution < 1.29 is 14.6 Å². The SMILES string of the molecule is CCCCC(C(=O)OC)C(O)(CC)c1cccc(Cl)c1. The van der Waals surface area contributed by atoms with Crippen LogP contribution in [0.5, 0.6) is 0 Å². The molecule has 4 heteroatoms. The van der Waals surface area contributed by atoms with Crippen LogP contribution in [0.1, 0.15) is 45.1 Å². The van der Waals surface area contributed by atoms with Gasteiger partial charge in [0.1, 0.15) is 5.60 Å². The van der Waals surface area contributed by atoms with Gasteiger partial charge in [-0.15, -0.1) is 0 Å². The number of methoxy groups -OCH3 is 1.